The lowest BCUT2D eigenvalue weighted by molar-refractivity contribution is 0.502. The van der Waals surface area contributed by atoms with Crippen LogP contribution in [0.3, 0.4) is 0 Å². The van der Waals surface area contributed by atoms with Crippen LogP contribution in [0.4, 0.5) is 0 Å². The molecule has 1 saturated heterocycles. The van der Waals surface area contributed by atoms with Crippen molar-refractivity contribution in [2.45, 2.75) is 39.8 Å². The second-order valence-corrected chi connectivity index (χ2v) is 6.21. The monoisotopic (exact) mass is 263 g/mol. The number of pyridine rings is 1. The van der Waals surface area contributed by atoms with E-state index in [0.717, 1.165) is 23.4 Å². The fraction of sp³-hybridized carbons (Fsp3) is 0.571. The summed E-state index contributed by atoms with van der Waals surface area (Å²) in [6.07, 6.45) is 4.95. The minimum Gasteiger partial charge on any atom is -0.361 e. The molecule has 1 atom stereocenters. The van der Waals surface area contributed by atoms with Crippen LogP contribution in [0.1, 0.15) is 31.4 Å². The van der Waals surface area contributed by atoms with E-state index in [1.165, 1.54) is 17.5 Å². The maximum absolute atomic E-state index is 4.64. The third-order valence-corrected chi connectivity index (χ3v) is 4.13. The topological polar surface area (TPSA) is 37.3 Å². The molecule has 1 aromatic rings. The zero-order valence-electron chi connectivity index (χ0n) is 11.3. The molecule has 0 amide bonds. The number of aryl methyl sites for hydroxylation is 1. The van der Waals surface area contributed by atoms with Gasteiger partial charge in [-0.3, -0.25) is 9.98 Å². The van der Waals surface area contributed by atoms with Crippen LogP contribution < -0.4 is 5.32 Å². The molecule has 0 saturated carbocycles. The van der Waals surface area contributed by atoms with Gasteiger partial charge in [-0.25, -0.2) is 0 Å². The van der Waals surface area contributed by atoms with E-state index < -0.39 is 0 Å². The normalized spacial score (nSPS) is 21.6. The van der Waals surface area contributed by atoms with E-state index in [2.05, 4.69) is 36.1 Å². The first-order valence-electron chi connectivity index (χ1n) is 6.48. The molecule has 1 fully saturated rings. The van der Waals surface area contributed by atoms with E-state index in [1.54, 1.807) is 0 Å². The number of nitrogens with zero attached hydrogens (tertiary/aromatic N) is 2. The summed E-state index contributed by atoms with van der Waals surface area (Å²) >= 11 is 1.84. The summed E-state index contributed by atoms with van der Waals surface area (Å²) in [5.74, 6) is 1.88. The maximum Gasteiger partial charge on any atom is 0.157 e. The molecule has 1 aliphatic rings. The Morgan fingerprint density at radius 2 is 2.39 bits per heavy atom. The standard InChI is InChI=1S/C14H21N3S/c1-10(2)6-13-9-18-14(17-13)16-8-12-7-15-5-4-11(12)3/h4-5,7,10,13H,6,8-9H2,1-3H3,(H,16,17). The van der Waals surface area contributed by atoms with Crippen molar-refractivity contribution in [3.8, 4) is 0 Å². The van der Waals surface area contributed by atoms with Crippen molar-refractivity contribution in [3.05, 3.63) is 29.6 Å². The molecule has 0 spiro atoms. The average molecular weight is 263 g/mol. The summed E-state index contributed by atoms with van der Waals surface area (Å²) in [6.45, 7) is 7.36. The first-order valence-corrected chi connectivity index (χ1v) is 7.47. The molecule has 0 radical (unpaired) electrons. The molecule has 1 aliphatic heterocycles. The highest BCUT2D eigenvalue weighted by Crippen LogP contribution is 2.19. The Bertz CT molecular complexity index is 429. The molecular weight excluding hydrogens is 242 g/mol. The smallest absolute Gasteiger partial charge is 0.157 e. The Balaban J connectivity index is 1.90. The van der Waals surface area contributed by atoms with Crippen LogP contribution in [0.2, 0.25) is 0 Å². The van der Waals surface area contributed by atoms with Crippen LogP contribution in [0.15, 0.2) is 23.5 Å². The second kappa shape index (κ2) is 6.23. The van der Waals surface area contributed by atoms with Gasteiger partial charge in [-0.1, -0.05) is 25.6 Å². The van der Waals surface area contributed by atoms with Gasteiger partial charge in [0, 0.05) is 24.2 Å². The van der Waals surface area contributed by atoms with Gasteiger partial charge in [0.25, 0.3) is 0 Å². The SMILES string of the molecule is Cc1ccncc1CN=C1NC(CC(C)C)CS1. The van der Waals surface area contributed by atoms with Crippen molar-refractivity contribution in [2.75, 3.05) is 5.75 Å². The summed E-state index contributed by atoms with van der Waals surface area (Å²) in [4.78, 5) is 8.79. The fourth-order valence-electron chi connectivity index (χ4n) is 2.04. The quantitative estimate of drug-likeness (QED) is 0.907. The summed E-state index contributed by atoms with van der Waals surface area (Å²) in [7, 11) is 0. The zero-order chi connectivity index (χ0) is 13.0. The summed E-state index contributed by atoms with van der Waals surface area (Å²) < 4.78 is 0. The van der Waals surface area contributed by atoms with Gasteiger partial charge in [-0.05, 0) is 36.5 Å². The largest absolute Gasteiger partial charge is 0.361 e. The number of amidine groups is 1. The van der Waals surface area contributed by atoms with Gasteiger partial charge in [0.15, 0.2) is 5.17 Å². The van der Waals surface area contributed by atoms with Crippen molar-refractivity contribution < 1.29 is 0 Å². The predicted octanol–water partition coefficient (Wildman–Crippen LogP) is 3.00. The molecule has 18 heavy (non-hydrogen) atoms. The molecule has 0 aromatic carbocycles. The zero-order valence-corrected chi connectivity index (χ0v) is 12.1. The van der Waals surface area contributed by atoms with Gasteiger partial charge in [0.05, 0.1) is 6.54 Å². The first kappa shape index (κ1) is 13.4. The van der Waals surface area contributed by atoms with Gasteiger partial charge >= 0.3 is 0 Å². The van der Waals surface area contributed by atoms with Gasteiger partial charge in [0.2, 0.25) is 0 Å². The highest BCUT2D eigenvalue weighted by Gasteiger charge is 2.20. The lowest BCUT2D eigenvalue weighted by Crippen LogP contribution is -2.28. The fourth-order valence-corrected chi connectivity index (χ4v) is 3.03. The number of rotatable bonds is 4. The van der Waals surface area contributed by atoms with Crippen molar-refractivity contribution in [3.63, 3.8) is 0 Å². The first-order chi connectivity index (χ1) is 8.65. The number of hydrogen-bond donors (Lipinski definition) is 1. The van der Waals surface area contributed by atoms with Gasteiger partial charge in [0.1, 0.15) is 0 Å². The summed E-state index contributed by atoms with van der Waals surface area (Å²) in [5, 5.41) is 4.59. The van der Waals surface area contributed by atoms with Crippen LogP contribution in [-0.2, 0) is 6.54 Å². The van der Waals surface area contributed by atoms with Crippen molar-refractivity contribution in [2.24, 2.45) is 10.9 Å². The van der Waals surface area contributed by atoms with E-state index >= 15 is 0 Å². The molecule has 1 unspecified atom stereocenters. The highest BCUT2D eigenvalue weighted by atomic mass is 32.2. The molecule has 2 rings (SSSR count). The number of thioether (sulfide) groups is 1. The molecule has 0 bridgehead atoms. The Hall–Kier alpha value is -1.03. The van der Waals surface area contributed by atoms with E-state index in [-0.39, 0.29) is 0 Å². The highest BCUT2D eigenvalue weighted by molar-refractivity contribution is 8.14. The Labute approximate surface area is 113 Å². The summed E-state index contributed by atoms with van der Waals surface area (Å²) in [5.41, 5.74) is 2.47. The molecule has 3 nitrogen and oxygen atoms in total. The van der Waals surface area contributed by atoms with Gasteiger partial charge in [-0.15, -0.1) is 0 Å². The van der Waals surface area contributed by atoms with E-state index in [0.29, 0.717) is 6.04 Å². The van der Waals surface area contributed by atoms with Gasteiger partial charge < -0.3 is 5.32 Å². The van der Waals surface area contributed by atoms with Crippen molar-refractivity contribution >= 4 is 16.9 Å². The van der Waals surface area contributed by atoms with E-state index in [1.807, 2.05) is 30.2 Å². The van der Waals surface area contributed by atoms with E-state index in [4.69, 9.17) is 0 Å². The number of aliphatic imine (C=N–C) groups is 1. The van der Waals surface area contributed by atoms with Crippen LogP contribution >= 0.6 is 11.8 Å². The number of hydrogen-bond acceptors (Lipinski definition) is 3. The van der Waals surface area contributed by atoms with Crippen LogP contribution in [0.25, 0.3) is 0 Å². The third-order valence-electron chi connectivity index (χ3n) is 3.05. The molecule has 0 aliphatic carbocycles. The Morgan fingerprint density at radius 3 is 3.11 bits per heavy atom. The number of aromatic nitrogens is 1. The minimum atomic E-state index is 0.587. The molecule has 1 N–H and O–H groups in total. The lowest BCUT2D eigenvalue weighted by Gasteiger charge is -2.11. The summed E-state index contributed by atoms with van der Waals surface area (Å²) in [6, 6.07) is 2.62. The van der Waals surface area contributed by atoms with Crippen LogP contribution in [0.5, 0.6) is 0 Å². The van der Waals surface area contributed by atoms with Crippen LogP contribution in [0, 0.1) is 12.8 Å². The minimum absolute atomic E-state index is 0.587. The van der Waals surface area contributed by atoms with Crippen molar-refractivity contribution in [1.82, 2.24) is 10.3 Å². The maximum atomic E-state index is 4.64. The molecule has 2 heterocycles. The average Bonchev–Trinajstić information content (AvgIpc) is 2.75. The van der Waals surface area contributed by atoms with Crippen LogP contribution in [-0.4, -0.2) is 21.9 Å². The number of nitrogens with one attached hydrogen (secondary N) is 1. The second-order valence-electron chi connectivity index (χ2n) is 5.21. The molecule has 1 aromatic heterocycles. The van der Waals surface area contributed by atoms with Gasteiger partial charge in [-0.2, -0.15) is 0 Å². The third kappa shape index (κ3) is 3.73. The molecule has 98 valence electrons. The predicted molar refractivity (Wildman–Crippen MR) is 78.9 cm³/mol. The molecular formula is C14H21N3S. The van der Waals surface area contributed by atoms with E-state index in [9.17, 15) is 0 Å². The molecule has 4 heteroatoms. The lowest BCUT2D eigenvalue weighted by atomic mass is 10.1. The van der Waals surface area contributed by atoms with Crippen molar-refractivity contribution in [1.29, 1.82) is 0 Å². The Kier molecular flexibility index (Phi) is 4.64. The Morgan fingerprint density at radius 1 is 1.56 bits per heavy atom.